The number of unbranched alkanes of at least 4 members (excludes halogenated alkanes) is 27. The van der Waals surface area contributed by atoms with Gasteiger partial charge in [0.25, 0.3) is 0 Å². The first-order chi connectivity index (χ1) is 31.0. The predicted octanol–water partition coefficient (Wildman–Crippen LogP) is 17.4. The highest BCUT2D eigenvalue weighted by atomic mass is 16.6. The van der Waals surface area contributed by atoms with E-state index >= 15 is 0 Å². The van der Waals surface area contributed by atoms with Crippen LogP contribution in [-0.4, -0.2) is 37.2 Å². The maximum absolute atomic E-state index is 12.8. The highest BCUT2D eigenvalue weighted by Crippen LogP contribution is 2.16. The minimum absolute atomic E-state index is 0.111. The Morgan fingerprint density at radius 2 is 0.730 bits per heavy atom. The first-order valence-electron chi connectivity index (χ1n) is 26.5. The molecule has 1 atom stereocenters. The monoisotopic (exact) mass is 879 g/mol. The third kappa shape index (κ3) is 49.7. The molecule has 0 spiro atoms. The van der Waals surface area contributed by atoms with Gasteiger partial charge in [0.05, 0.1) is 6.42 Å². The lowest BCUT2D eigenvalue weighted by Crippen LogP contribution is -2.30. The van der Waals surface area contributed by atoms with Gasteiger partial charge >= 0.3 is 17.9 Å². The van der Waals surface area contributed by atoms with E-state index in [1.54, 1.807) is 6.08 Å². The van der Waals surface area contributed by atoms with E-state index in [1.165, 1.54) is 128 Å². The fourth-order valence-corrected chi connectivity index (χ4v) is 7.33. The van der Waals surface area contributed by atoms with Crippen LogP contribution in [0, 0.1) is 0 Å². The number of allylic oxidation sites excluding steroid dienone is 11. The van der Waals surface area contributed by atoms with Crippen LogP contribution in [0.5, 0.6) is 0 Å². The maximum atomic E-state index is 12.8. The SMILES string of the molecule is CC/C=C\C/C=C\C/C=C\CC(=O)OCC(COC(=O)CCCCCCC\C=C/C=C\C=C/CCCCCCC)OC(=O)CCCCCCCCCCCCCCCCCCCC. The largest absolute Gasteiger partial charge is 0.462 e. The van der Waals surface area contributed by atoms with Crippen molar-refractivity contribution >= 4 is 17.9 Å². The summed E-state index contributed by atoms with van der Waals surface area (Å²) in [6.45, 7) is 6.40. The van der Waals surface area contributed by atoms with Gasteiger partial charge in [0.2, 0.25) is 0 Å². The highest BCUT2D eigenvalue weighted by molar-refractivity contribution is 5.72. The van der Waals surface area contributed by atoms with Crippen LogP contribution in [0.15, 0.2) is 72.9 Å². The Morgan fingerprint density at radius 3 is 1.17 bits per heavy atom. The van der Waals surface area contributed by atoms with Gasteiger partial charge in [0, 0.05) is 12.8 Å². The molecule has 0 radical (unpaired) electrons. The Hall–Kier alpha value is -3.15. The van der Waals surface area contributed by atoms with Gasteiger partial charge in [-0.3, -0.25) is 14.4 Å². The molecule has 0 N–H and O–H groups in total. The number of rotatable bonds is 47. The predicted molar refractivity (Wildman–Crippen MR) is 270 cm³/mol. The molecular formula is C57H98O6. The average molecular weight is 879 g/mol. The topological polar surface area (TPSA) is 78.9 Å². The summed E-state index contributed by atoms with van der Waals surface area (Å²) in [6, 6.07) is 0. The van der Waals surface area contributed by atoms with Crippen molar-refractivity contribution in [2.45, 2.75) is 258 Å². The van der Waals surface area contributed by atoms with E-state index in [-0.39, 0.29) is 31.6 Å². The number of hydrogen-bond donors (Lipinski definition) is 0. The normalized spacial score (nSPS) is 12.6. The van der Waals surface area contributed by atoms with Crippen molar-refractivity contribution in [3.8, 4) is 0 Å². The first kappa shape index (κ1) is 59.9. The Balaban J connectivity index is 4.37. The zero-order valence-electron chi connectivity index (χ0n) is 41.3. The molecule has 0 aliphatic heterocycles. The molecule has 6 nitrogen and oxygen atoms in total. The molecular weight excluding hydrogens is 781 g/mol. The van der Waals surface area contributed by atoms with Crippen molar-refractivity contribution in [2.24, 2.45) is 0 Å². The smallest absolute Gasteiger partial charge is 0.309 e. The second-order valence-electron chi connectivity index (χ2n) is 17.5. The van der Waals surface area contributed by atoms with Crippen molar-refractivity contribution in [3.63, 3.8) is 0 Å². The Labute approximate surface area is 389 Å². The summed E-state index contributed by atoms with van der Waals surface area (Å²) >= 11 is 0. The third-order valence-corrected chi connectivity index (χ3v) is 11.3. The number of esters is 3. The van der Waals surface area contributed by atoms with Crippen molar-refractivity contribution in [3.05, 3.63) is 72.9 Å². The van der Waals surface area contributed by atoms with Crippen LogP contribution in [0.25, 0.3) is 0 Å². The molecule has 0 saturated heterocycles. The molecule has 0 aromatic carbocycles. The lowest BCUT2D eigenvalue weighted by molar-refractivity contribution is -0.166. The van der Waals surface area contributed by atoms with E-state index in [9.17, 15) is 14.4 Å². The molecule has 0 bridgehead atoms. The van der Waals surface area contributed by atoms with Gasteiger partial charge in [0.1, 0.15) is 13.2 Å². The van der Waals surface area contributed by atoms with Crippen LogP contribution in [-0.2, 0) is 28.6 Å². The molecule has 0 aliphatic carbocycles. The van der Waals surface area contributed by atoms with Crippen LogP contribution in [0.2, 0.25) is 0 Å². The lowest BCUT2D eigenvalue weighted by Gasteiger charge is -2.18. The molecule has 362 valence electrons. The lowest BCUT2D eigenvalue weighted by atomic mass is 10.0. The summed E-state index contributed by atoms with van der Waals surface area (Å²) in [6.07, 6.45) is 65.0. The fourth-order valence-electron chi connectivity index (χ4n) is 7.33. The van der Waals surface area contributed by atoms with Crippen LogP contribution in [0.1, 0.15) is 252 Å². The number of carbonyl (C=O) groups excluding carboxylic acids is 3. The molecule has 0 aliphatic rings. The summed E-state index contributed by atoms with van der Waals surface area (Å²) in [5, 5.41) is 0. The van der Waals surface area contributed by atoms with Crippen LogP contribution in [0.3, 0.4) is 0 Å². The fraction of sp³-hybridized carbons (Fsp3) is 0.737. The molecule has 63 heavy (non-hydrogen) atoms. The van der Waals surface area contributed by atoms with Gasteiger partial charge < -0.3 is 14.2 Å². The van der Waals surface area contributed by atoms with Gasteiger partial charge in [-0.1, -0.05) is 248 Å². The van der Waals surface area contributed by atoms with Crippen molar-refractivity contribution < 1.29 is 28.6 Å². The first-order valence-corrected chi connectivity index (χ1v) is 26.5. The van der Waals surface area contributed by atoms with Crippen molar-refractivity contribution in [1.82, 2.24) is 0 Å². The summed E-state index contributed by atoms with van der Waals surface area (Å²) in [7, 11) is 0. The molecule has 6 heteroatoms. The van der Waals surface area contributed by atoms with Crippen molar-refractivity contribution in [2.75, 3.05) is 13.2 Å². The zero-order chi connectivity index (χ0) is 45.8. The summed E-state index contributed by atoms with van der Waals surface area (Å²) in [5.41, 5.74) is 0. The molecule has 0 aromatic heterocycles. The Morgan fingerprint density at radius 1 is 0.365 bits per heavy atom. The zero-order valence-corrected chi connectivity index (χ0v) is 41.3. The van der Waals surface area contributed by atoms with E-state index in [0.29, 0.717) is 12.8 Å². The molecule has 0 aromatic rings. The van der Waals surface area contributed by atoms with E-state index in [0.717, 1.165) is 83.5 Å². The van der Waals surface area contributed by atoms with Crippen LogP contribution >= 0.6 is 0 Å². The second kappa shape index (κ2) is 51.5. The maximum Gasteiger partial charge on any atom is 0.309 e. The molecule has 0 heterocycles. The average Bonchev–Trinajstić information content (AvgIpc) is 3.28. The highest BCUT2D eigenvalue weighted by Gasteiger charge is 2.19. The van der Waals surface area contributed by atoms with Crippen molar-refractivity contribution in [1.29, 1.82) is 0 Å². The summed E-state index contributed by atoms with van der Waals surface area (Å²) < 4.78 is 16.7. The quantitative estimate of drug-likeness (QED) is 0.0199. The third-order valence-electron chi connectivity index (χ3n) is 11.3. The minimum Gasteiger partial charge on any atom is -0.462 e. The summed E-state index contributed by atoms with van der Waals surface area (Å²) in [4.78, 5) is 37.8. The van der Waals surface area contributed by atoms with E-state index < -0.39 is 12.1 Å². The molecule has 1 unspecified atom stereocenters. The van der Waals surface area contributed by atoms with Crippen LogP contribution in [0.4, 0.5) is 0 Å². The van der Waals surface area contributed by atoms with Gasteiger partial charge in [-0.25, -0.2) is 0 Å². The Bertz CT molecular complexity index is 1190. The number of ether oxygens (including phenoxy) is 3. The Kier molecular flexibility index (Phi) is 48.9. The summed E-state index contributed by atoms with van der Waals surface area (Å²) in [5.74, 6) is -1.05. The minimum atomic E-state index is -0.816. The van der Waals surface area contributed by atoms with Crippen LogP contribution < -0.4 is 0 Å². The molecule has 0 saturated carbocycles. The van der Waals surface area contributed by atoms with Gasteiger partial charge in [-0.2, -0.15) is 0 Å². The molecule has 0 fully saturated rings. The molecule has 0 rings (SSSR count). The van der Waals surface area contributed by atoms with E-state index in [2.05, 4.69) is 81.5 Å². The number of carbonyl (C=O) groups is 3. The number of hydrogen-bond acceptors (Lipinski definition) is 6. The van der Waals surface area contributed by atoms with Gasteiger partial charge in [0.15, 0.2) is 6.10 Å². The second-order valence-corrected chi connectivity index (χ2v) is 17.5. The molecule has 0 amide bonds. The standard InChI is InChI=1S/C57H98O6/c1-4-7-10-13-16-19-21-23-25-27-29-31-33-35-38-41-44-47-50-56(59)62-53-54(52-61-55(58)49-46-43-40-37-18-15-12-9-6-3)63-57(60)51-48-45-42-39-36-34-32-30-28-26-24-22-20-17-14-11-8-5-2/h9,12,18,21,23,25,27,29,31,37,43,46,54H,4-8,10-11,13-17,19-20,22,24,26,28,30,32-36,38-42,44-45,47-53H2,1-3H3/b12-9-,23-21-,27-25-,31-29-,37-18-,46-43-. The van der Waals surface area contributed by atoms with E-state index in [4.69, 9.17) is 14.2 Å². The van der Waals surface area contributed by atoms with Gasteiger partial charge in [-0.05, 0) is 57.8 Å². The van der Waals surface area contributed by atoms with E-state index in [1.807, 2.05) is 6.08 Å². The van der Waals surface area contributed by atoms with Gasteiger partial charge in [-0.15, -0.1) is 0 Å².